The van der Waals surface area contributed by atoms with E-state index >= 15 is 0 Å². The van der Waals surface area contributed by atoms with Gasteiger partial charge in [0.25, 0.3) is 0 Å². The topological polar surface area (TPSA) is 49.4 Å². The number of carbonyl (C=O) groups excluding carboxylic acids is 2. The SMILES string of the molecule is O=C1CC(c2ccccc2)C(=O)N1C1CCCNCC1. The largest absolute Gasteiger partial charge is 0.317 e. The summed E-state index contributed by atoms with van der Waals surface area (Å²) in [4.78, 5) is 26.4. The highest BCUT2D eigenvalue weighted by Crippen LogP contribution is 2.32. The zero-order valence-corrected chi connectivity index (χ0v) is 11.5. The summed E-state index contributed by atoms with van der Waals surface area (Å²) in [6.45, 7) is 1.87. The van der Waals surface area contributed by atoms with Crippen LogP contribution in [0, 0.1) is 0 Å². The highest BCUT2D eigenvalue weighted by molar-refractivity contribution is 6.06. The number of rotatable bonds is 2. The molecule has 20 heavy (non-hydrogen) atoms. The van der Waals surface area contributed by atoms with Crippen LogP contribution in [0.25, 0.3) is 0 Å². The van der Waals surface area contributed by atoms with Crippen molar-refractivity contribution in [3.8, 4) is 0 Å². The number of amides is 2. The number of benzene rings is 1. The third-order valence-electron chi connectivity index (χ3n) is 4.30. The molecule has 2 amide bonds. The number of hydrogen-bond acceptors (Lipinski definition) is 3. The molecule has 0 aliphatic carbocycles. The molecule has 2 aliphatic heterocycles. The van der Waals surface area contributed by atoms with Gasteiger partial charge in [-0.05, 0) is 37.9 Å². The van der Waals surface area contributed by atoms with E-state index in [0.29, 0.717) is 6.42 Å². The van der Waals surface area contributed by atoms with Crippen molar-refractivity contribution < 1.29 is 9.59 Å². The quantitative estimate of drug-likeness (QED) is 0.833. The van der Waals surface area contributed by atoms with Gasteiger partial charge < -0.3 is 5.32 Å². The van der Waals surface area contributed by atoms with Crippen LogP contribution in [0.1, 0.15) is 37.2 Å². The number of nitrogens with zero attached hydrogens (tertiary/aromatic N) is 1. The maximum Gasteiger partial charge on any atom is 0.237 e. The highest BCUT2D eigenvalue weighted by Gasteiger charge is 2.42. The van der Waals surface area contributed by atoms with Crippen LogP contribution in [-0.4, -0.2) is 35.8 Å². The van der Waals surface area contributed by atoms with Crippen LogP contribution in [0.3, 0.4) is 0 Å². The minimum Gasteiger partial charge on any atom is -0.317 e. The molecular formula is C16H20N2O2. The van der Waals surface area contributed by atoms with Gasteiger partial charge in [0.15, 0.2) is 0 Å². The second-order valence-electron chi connectivity index (χ2n) is 5.60. The molecule has 106 valence electrons. The molecule has 4 heteroatoms. The van der Waals surface area contributed by atoms with E-state index < -0.39 is 0 Å². The molecule has 2 fully saturated rings. The van der Waals surface area contributed by atoms with Crippen LogP contribution in [0.2, 0.25) is 0 Å². The standard InChI is InChI=1S/C16H20N2O2/c19-15-11-14(12-5-2-1-3-6-12)16(20)18(15)13-7-4-9-17-10-8-13/h1-3,5-6,13-14,17H,4,7-11H2. The fraction of sp³-hybridized carbons (Fsp3) is 0.500. The number of likely N-dealkylation sites (tertiary alicyclic amines) is 1. The monoisotopic (exact) mass is 272 g/mol. The molecule has 0 bridgehead atoms. The molecule has 2 unspecified atom stereocenters. The third-order valence-corrected chi connectivity index (χ3v) is 4.30. The van der Waals surface area contributed by atoms with Crippen molar-refractivity contribution in [2.24, 2.45) is 0 Å². The van der Waals surface area contributed by atoms with Crippen molar-refractivity contribution in [1.82, 2.24) is 10.2 Å². The van der Waals surface area contributed by atoms with Crippen LogP contribution in [0.5, 0.6) is 0 Å². The molecule has 1 N–H and O–H groups in total. The lowest BCUT2D eigenvalue weighted by Gasteiger charge is -2.25. The van der Waals surface area contributed by atoms with E-state index in [9.17, 15) is 9.59 Å². The first-order chi connectivity index (χ1) is 9.77. The fourth-order valence-corrected chi connectivity index (χ4v) is 3.24. The van der Waals surface area contributed by atoms with Crippen LogP contribution in [0.4, 0.5) is 0 Å². The lowest BCUT2D eigenvalue weighted by Crippen LogP contribution is -2.40. The Morgan fingerprint density at radius 2 is 1.85 bits per heavy atom. The predicted molar refractivity (Wildman–Crippen MR) is 76.2 cm³/mol. The first kappa shape index (κ1) is 13.3. The Morgan fingerprint density at radius 1 is 1.05 bits per heavy atom. The van der Waals surface area contributed by atoms with E-state index in [1.807, 2.05) is 30.3 Å². The molecule has 2 aliphatic rings. The Morgan fingerprint density at radius 3 is 2.65 bits per heavy atom. The van der Waals surface area contributed by atoms with Gasteiger partial charge in [0.1, 0.15) is 0 Å². The molecule has 0 spiro atoms. The van der Waals surface area contributed by atoms with E-state index in [1.54, 1.807) is 4.90 Å². The van der Waals surface area contributed by atoms with Gasteiger partial charge in [-0.25, -0.2) is 0 Å². The average Bonchev–Trinajstić information content (AvgIpc) is 2.67. The smallest absolute Gasteiger partial charge is 0.237 e. The number of carbonyl (C=O) groups is 2. The minimum absolute atomic E-state index is 0.00393. The van der Waals surface area contributed by atoms with Gasteiger partial charge in [0.2, 0.25) is 11.8 Å². The van der Waals surface area contributed by atoms with Gasteiger partial charge in [0, 0.05) is 12.5 Å². The van der Waals surface area contributed by atoms with Crippen LogP contribution >= 0.6 is 0 Å². The Bertz CT molecular complexity index is 492. The number of nitrogens with one attached hydrogen (secondary N) is 1. The molecular weight excluding hydrogens is 252 g/mol. The normalized spacial score (nSPS) is 27.7. The molecule has 0 radical (unpaired) electrons. The van der Waals surface area contributed by atoms with Gasteiger partial charge in [-0.2, -0.15) is 0 Å². The maximum atomic E-state index is 12.6. The lowest BCUT2D eigenvalue weighted by atomic mass is 9.97. The van der Waals surface area contributed by atoms with Crippen molar-refractivity contribution in [3.05, 3.63) is 35.9 Å². The summed E-state index contributed by atoms with van der Waals surface area (Å²) >= 11 is 0. The predicted octanol–water partition coefficient (Wildman–Crippen LogP) is 1.67. The summed E-state index contributed by atoms with van der Waals surface area (Å²) in [6.07, 6.45) is 3.15. The Hall–Kier alpha value is -1.68. The fourth-order valence-electron chi connectivity index (χ4n) is 3.24. The zero-order chi connectivity index (χ0) is 13.9. The lowest BCUT2D eigenvalue weighted by molar-refractivity contribution is -0.141. The first-order valence-corrected chi connectivity index (χ1v) is 7.39. The first-order valence-electron chi connectivity index (χ1n) is 7.39. The summed E-state index contributed by atoms with van der Waals surface area (Å²) in [6, 6.07) is 9.73. The van der Waals surface area contributed by atoms with E-state index in [-0.39, 0.29) is 23.8 Å². The van der Waals surface area contributed by atoms with E-state index in [1.165, 1.54) is 0 Å². The van der Waals surface area contributed by atoms with Crippen LogP contribution < -0.4 is 5.32 Å². The van der Waals surface area contributed by atoms with Crippen molar-refractivity contribution in [1.29, 1.82) is 0 Å². The molecule has 0 aromatic heterocycles. The summed E-state index contributed by atoms with van der Waals surface area (Å²) in [5, 5.41) is 3.32. The molecule has 1 aromatic rings. The van der Waals surface area contributed by atoms with Crippen LogP contribution in [-0.2, 0) is 9.59 Å². The summed E-state index contributed by atoms with van der Waals surface area (Å²) in [7, 11) is 0. The Balaban J connectivity index is 1.80. The molecule has 4 nitrogen and oxygen atoms in total. The van der Waals surface area contributed by atoms with E-state index in [4.69, 9.17) is 0 Å². The number of imide groups is 1. The summed E-state index contributed by atoms with van der Waals surface area (Å²) < 4.78 is 0. The van der Waals surface area contributed by atoms with Crippen LogP contribution in [0.15, 0.2) is 30.3 Å². The van der Waals surface area contributed by atoms with Crippen molar-refractivity contribution >= 4 is 11.8 Å². The van der Waals surface area contributed by atoms with Crippen molar-refractivity contribution in [3.63, 3.8) is 0 Å². The van der Waals surface area contributed by atoms with Gasteiger partial charge >= 0.3 is 0 Å². The van der Waals surface area contributed by atoms with Crippen molar-refractivity contribution in [2.45, 2.75) is 37.6 Å². The summed E-state index contributed by atoms with van der Waals surface area (Å²) in [5.41, 5.74) is 0.958. The zero-order valence-electron chi connectivity index (χ0n) is 11.5. The molecule has 2 saturated heterocycles. The Labute approximate surface area is 119 Å². The van der Waals surface area contributed by atoms with Gasteiger partial charge in [-0.15, -0.1) is 0 Å². The minimum atomic E-state index is -0.278. The van der Waals surface area contributed by atoms with Crippen molar-refractivity contribution in [2.75, 3.05) is 13.1 Å². The van der Waals surface area contributed by atoms with Gasteiger partial charge in [-0.1, -0.05) is 30.3 Å². The number of hydrogen-bond donors (Lipinski definition) is 1. The summed E-state index contributed by atoms with van der Waals surface area (Å²) in [5.74, 6) is -0.288. The van der Waals surface area contributed by atoms with E-state index in [2.05, 4.69) is 5.32 Å². The second kappa shape index (κ2) is 5.75. The third kappa shape index (κ3) is 2.48. The maximum absolute atomic E-state index is 12.6. The van der Waals surface area contributed by atoms with E-state index in [0.717, 1.165) is 37.9 Å². The molecule has 1 aromatic carbocycles. The molecule has 2 heterocycles. The second-order valence-corrected chi connectivity index (χ2v) is 5.60. The highest BCUT2D eigenvalue weighted by atomic mass is 16.2. The molecule has 2 atom stereocenters. The van der Waals surface area contributed by atoms with Gasteiger partial charge in [-0.3, -0.25) is 14.5 Å². The Kier molecular flexibility index (Phi) is 3.83. The van der Waals surface area contributed by atoms with Gasteiger partial charge in [0.05, 0.1) is 5.92 Å². The molecule has 3 rings (SSSR count). The molecule has 0 saturated carbocycles. The average molecular weight is 272 g/mol.